The van der Waals surface area contributed by atoms with E-state index in [0.717, 1.165) is 30.3 Å². The van der Waals surface area contributed by atoms with Crippen LogP contribution in [0.5, 0.6) is 0 Å². The van der Waals surface area contributed by atoms with Gasteiger partial charge in [-0.1, -0.05) is 24.9 Å². The van der Waals surface area contributed by atoms with E-state index in [9.17, 15) is 0 Å². The van der Waals surface area contributed by atoms with Gasteiger partial charge >= 0.3 is 0 Å². The van der Waals surface area contributed by atoms with Gasteiger partial charge in [0.15, 0.2) is 5.82 Å². The third kappa shape index (κ3) is 2.90. The summed E-state index contributed by atoms with van der Waals surface area (Å²) in [7, 11) is 0. The highest BCUT2D eigenvalue weighted by Gasteiger charge is 2.25. The average molecular weight is 275 g/mol. The summed E-state index contributed by atoms with van der Waals surface area (Å²) in [5.74, 6) is 2.52. The van der Waals surface area contributed by atoms with Crippen LogP contribution in [-0.4, -0.2) is 20.1 Å². The number of nitrogens with zero attached hydrogens (tertiary/aromatic N) is 3. The van der Waals surface area contributed by atoms with Crippen LogP contribution in [0, 0.1) is 5.92 Å². The number of hydrogen-bond donors (Lipinski definition) is 2. The van der Waals surface area contributed by atoms with Gasteiger partial charge in [-0.2, -0.15) is 4.98 Å². The summed E-state index contributed by atoms with van der Waals surface area (Å²) in [5, 5.41) is 4.13. The van der Waals surface area contributed by atoms with E-state index in [-0.39, 0.29) is 6.04 Å². The monoisotopic (exact) mass is 275 g/mol. The molecule has 0 aliphatic heterocycles. The zero-order valence-corrected chi connectivity index (χ0v) is 11.7. The van der Waals surface area contributed by atoms with Crippen molar-refractivity contribution in [2.24, 2.45) is 11.7 Å². The van der Waals surface area contributed by atoms with Crippen molar-refractivity contribution in [3.8, 4) is 0 Å². The van der Waals surface area contributed by atoms with Crippen molar-refractivity contribution in [2.45, 2.75) is 51.0 Å². The molecule has 3 N–H and O–H groups in total. The molecule has 6 nitrogen and oxygen atoms in total. The summed E-state index contributed by atoms with van der Waals surface area (Å²) < 4.78 is 5.34. The number of aromatic amines is 1. The molecular formula is C14H21N5O. The van der Waals surface area contributed by atoms with Gasteiger partial charge in [0.1, 0.15) is 0 Å². The SMILES string of the molecule is CC1CCCC(c2noc([C@H](N)Cc3cnc[nH]3)n2)C1. The van der Waals surface area contributed by atoms with E-state index in [1.54, 1.807) is 12.5 Å². The second-order valence-corrected chi connectivity index (χ2v) is 5.85. The molecule has 0 amide bonds. The Balaban J connectivity index is 1.66. The third-order valence-corrected chi connectivity index (χ3v) is 4.07. The molecule has 1 fully saturated rings. The van der Waals surface area contributed by atoms with Crippen LogP contribution < -0.4 is 5.73 Å². The molecule has 2 heterocycles. The average Bonchev–Trinajstić information content (AvgIpc) is 3.09. The molecule has 0 bridgehead atoms. The Hall–Kier alpha value is -1.69. The minimum Gasteiger partial charge on any atom is -0.348 e. The standard InChI is InChI=1S/C14H21N5O/c1-9-3-2-4-10(5-9)13-18-14(20-19-13)12(15)6-11-7-16-8-17-11/h7-10,12H,2-6,15H2,1H3,(H,16,17)/t9?,10?,12-/m1/s1. The largest absolute Gasteiger partial charge is 0.348 e. The lowest BCUT2D eigenvalue weighted by Gasteiger charge is -2.23. The van der Waals surface area contributed by atoms with Crippen molar-refractivity contribution in [1.29, 1.82) is 0 Å². The highest BCUT2D eigenvalue weighted by Crippen LogP contribution is 2.34. The van der Waals surface area contributed by atoms with E-state index in [1.807, 2.05) is 0 Å². The Kier molecular flexibility index (Phi) is 3.82. The number of rotatable bonds is 4. The first-order valence-corrected chi connectivity index (χ1v) is 7.28. The topological polar surface area (TPSA) is 93.6 Å². The van der Waals surface area contributed by atoms with E-state index in [2.05, 4.69) is 27.0 Å². The Labute approximate surface area is 118 Å². The van der Waals surface area contributed by atoms with E-state index >= 15 is 0 Å². The van der Waals surface area contributed by atoms with Gasteiger partial charge in [0.25, 0.3) is 0 Å². The summed E-state index contributed by atoms with van der Waals surface area (Å²) in [5.41, 5.74) is 7.09. The van der Waals surface area contributed by atoms with Crippen LogP contribution in [0.25, 0.3) is 0 Å². The van der Waals surface area contributed by atoms with Gasteiger partial charge in [0.2, 0.25) is 5.89 Å². The number of nitrogens with two attached hydrogens (primary N) is 1. The van der Waals surface area contributed by atoms with Gasteiger partial charge in [-0.05, 0) is 18.8 Å². The second kappa shape index (κ2) is 5.75. The molecule has 20 heavy (non-hydrogen) atoms. The van der Waals surface area contributed by atoms with Gasteiger partial charge < -0.3 is 15.2 Å². The number of hydrogen-bond acceptors (Lipinski definition) is 5. The Morgan fingerprint density at radius 2 is 2.40 bits per heavy atom. The van der Waals surface area contributed by atoms with Crippen molar-refractivity contribution >= 4 is 0 Å². The van der Waals surface area contributed by atoms with Gasteiger partial charge in [-0.25, -0.2) is 4.98 Å². The minimum atomic E-state index is -0.280. The van der Waals surface area contributed by atoms with Gasteiger partial charge in [0, 0.05) is 24.2 Å². The Bertz CT molecular complexity index is 536. The quantitative estimate of drug-likeness (QED) is 0.893. The summed E-state index contributed by atoms with van der Waals surface area (Å²) in [4.78, 5) is 11.5. The lowest BCUT2D eigenvalue weighted by molar-refractivity contribution is 0.315. The van der Waals surface area contributed by atoms with E-state index in [0.29, 0.717) is 18.2 Å². The first-order chi connectivity index (χ1) is 9.72. The maximum Gasteiger partial charge on any atom is 0.243 e. The van der Waals surface area contributed by atoms with Crippen LogP contribution in [0.2, 0.25) is 0 Å². The smallest absolute Gasteiger partial charge is 0.243 e. The summed E-state index contributed by atoms with van der Waals surface area (Å²) in [6.45, 7) is 2.29. The van der Waals surface area contributed by atoms with Crippen molar-refractivity contribution in [3.05, 3.63) is 29.9 Å². The molecule has 1 aliphatic carbocycles. The zero-order chi connectivity index (χ0) is 13.9. The highest BCUT2D eigenvalue weighted by atomic mass is 16.5. The predicted molar refractivity (Wildman–Crippen MR) is 73.9 cm³/mol. The van der Waals surface area contributed by atoms with Crippen LogP contribution in [0.3, 0.4) is 0 Å². The summed E-state index contributed by atoms with van der Waals surface area (Å²) in [6.07, 6.45) is 8.89. The van der Waals surface area contributed by atoms with Crippen LogP contribution in [-0.2, 0) is 6.42 Å². The normalized spacial score (nSPS) is 24.7. The molecule has 0 radical (unpaired) electrons. The lowest BCUT2D eigenvalue weighted by atomic mass is 9.82. The van der Waals surface area contributed by atoms with E-state index in [1.165, 1.54) is 12.8 Å². The second-order valence-electron chi connectivity index (χ2n) is 5.85. The van der Waals surface area contributed by atoms with Gasteiger partial charge in [0.05, 0.1) is 12.4 Å². The molecule has 2 aromatic rings. The molecular weight excluding hydrogens is 254 g/mol. The number of imidazole rings is 1. The molecule has 6 heteroatoms. The van der Waals surface area contributed by atoms with E-state index < -0.39 is 0 Å². The summed E-state index contributed by atoms with van der Waals surface area (Å²) in [6, 6.07) is -0.280. The molecule has 1 aliphatic rings. The van der Waals surface area contributed by atoms with Gasteiger partial charge in [-0.15, -0.1) is 0 Å². The van der Waals surface area contributed by atoms with Crippen molar-refractivity contribution in [1.82, 2.24) is 20.1 Å². The zero-order valence-electron chi connectivity index (χ0n) is 11.7. The van der Waals surface area contributed by atoms with Crippen molar-refractivity contribution < 1.29 is 4.52 Å². The molecule has 3 atom stereocenters. The molecule has 2 aromatic heterocycles. The molecule has 0 saturated heterocycles. The predicted octanol–water partition coefficient (Wildman–Crippen LogP) is 2.33. The first-order valence-electron chi connectivity index (χ1n) is 7.28. The first kappa shape index (κ1) is 13.3. The van der Waals surface area contributed by atoms with Crippen molar-refractivity contribution in [2.75, 3.05) is 0 Å². The third-order valence-electron chi connectivity index (χ3n) is 4.07. The Morgan fingerprint density at radius 3 is 3.15 bits per heavy atom. The van der Waals surface area contributed by atoms with Crippen LogP contribution in [0.1, 0.15) is 62.0 Å². The molecule has 108 valence electrons. The fourth-order valence-electron chi connectivity index (χ4n) is 2.95. The van der Waals surface area contributed by atoms with Crippen molar-refractivity contribution in [3.63, 3.8) is 0 Å². The van der Waals surface area contributed by atoms with Crippen LogP contribution >= 0.6 is 0 Å². The molecule has 2 unspecified atom stereocenters. The Morgan fingerprint density at radius 1 is 1.50 bits per heavy atom. The maximum atomic E-state index is 6.11. The fourth-order valence-corrected chi connectivity index (χ4v) is 2.95. The van der Waals surface area contributed by atoms with Crippen LogP contribution in [0.15, 0.2) is 17.0 Å². The number of aromatic nitrogens is 4. The fraction of sp³-hybridized carbons (Fsp3) is 0.643. The lowest BCUT2D eigenvalue weighted by Crippen LogP contribution is -2.15. The number of H-pyrrole nitrogens is 1. The van der Waals surface area contributed by atoms with Gasteiger partial charge in [-0.3, -0.25) is 0 Å². The maximum absolute atomic E-state index is 6.11. The van der Waals surface area contributed by atoms with E-state index in [4.69, 9.17) is 10.3 Å². The summed E-state index contributed by atoms with van der Waals surface area (Å²) >= 11 is 0. The molecule has 1 saturated carbocycles. The molecule has 3 rings (SSSR count). The molecule has 0 aromatic carbocycles. The minimum absolute atomic E-state index is 0.280. The van der Waals surface area contributed by atoms with Crippen LogP contribution in [0.4, 0.5) is 0 Å². The molecule has 0 spiro atoms. The highest BCUT2D eigenvalue weighted by molar-refractivity contribution is 5.04. The number of nitrogens with one attached hydrogen (secondary N) is 1.